The molecule has 0 atom stereocenters. The van der Waals surface area contributed by atoms with Gasteiger partial charge in [-0.05, 0) is 37.8 Å². The van der Waals surface area contributed by atoms with Gasteiger partial charge in [-0.1, -0.05) is 17.7 Å². The zero-order valence-corrected chi connectivity index (χ0v) is 13.7. The molecule has 0 aliphatic heterocycles. The summed E-state index contributed by atoms with van der Waals surface area (Å²) >= 11 is 7.49. The SMILES string of the molecule is C=CCN(C(=O)c1ccnc(Cl)c1)c1nc2c(s1)CCCC2. The molecule has 1 aliphatic rings. The summed E-state index contributed by atoms with van der Waals surface area (Å²) in [5.41, 5.74) is 1.65. The minimum atomic E-state index is -0.129. The first-order chi connectivity index (χ1) is 10.7. The van der Waals surface area contributed by atoms with Crippen LogP contribution in [0.4, 0.5) is 5.13 Å². The molecule has 0 saturated carbocycles. The first-order valence-electron chi connectivity index (χ1n) is 7.22. The number of hydrogen-bond acceptors (Lipinski definition) is 4. The van der Waals surface area contributed by atoms with Crippen molar-refractivity contribution in [3.8, 4) is 0 Å². The van der Waals surface area contributed by atoms with Gasteiger partial charge in [-0.2, -0.15) is 0 Å². The van der Waals surface area contributed by atoms with Crippen molar-refractivity contribution < 1.29 is 4.79 Å². The molecule has 1 amide bonds. The number of fused-ring (bicyclic) bond motifs is 1. The van der Waals surface area contributed by atoms with Gasteiger partial charge in [0, 0.05) is 23.2 Å². The monoisotopic (exact) mass is 333 g/mol. The van der Waals surface area contributed by atoms with E-state index in [1.165, 1.54) is 23.9 Å². The summed E-state index contributed by atoms with van der Waals surface area (Å²) in [4.78, 5) is 24.3. The number of rotatable bonds is 4. The van der Waals surface area contributed by atoms with Crippen LogP contribution < -0.4 is 4.90 Å². The average Bonchev–Trinajstić information content (AvgIpc) is 2.95. The van der Waals surface area contributed by atoms with Gasteiger partial charge in [-0.25, -0.2) is 9.97 Å². The van der Waals surface area contributed by atoms with Gasteiger partial charge >= 0.3 is 0 Å². The molecule has 3 rings (SSSR count). The van der Waals surface area contributed by atoms with Gasteiger partial charge in [-0.15, -0.1) is 17.9 Å². The third-order valence-electron chi connectivity index (χ3n) is 3.60. The maximum absolute atomic E-state index is 12.8. The van der Waals surface area contributed by atoms with E-state index in [4.69, 9.17) is 11.6 Å². The quantitative estimate of drug-likeness (QED) is 0.629. The van der Waals surface area contributed by atoms with Crippen molar-refractivity contribution in [2.24, 2.45) is 0 Å². The predicted molar refractivity (Wildman–Crippen MR) is 89.9 cm³/mol. The standard InChI is InChI=1S/C16H16ClN3OS/c1-2-9-20(15(21)11-7-8-18-14(17)10-11)16-19-12-5-3-4-6-13(12)22-16/h2,7-8,10H,1,3-6,9H2. The van der Waals surface area contributed by atoms with E-state index in [1.807, 2.05) is 0 Å². The van der Waals surface area contributed by atoms with E-state index in [-0.39, 0.29) is 5.91 Å². The number of nitrogens with zero attached hydrogens (tertiary/aromatic N) is 3. The number of carbonyl (C=O) groups is 1. The average molecular weight is 334 g/mol. The van der Waals surface area contributed by atoms with Gasteiger partial charge < -0.3 is 0 Å². The second-order valence-electron chi connectivity index (χ2n) is 5.15. The normalized spacial score (nSPS) is 13.5. The van der Waals surface area contributed by atoms with Crippen molar-refractivity contribution in [2.45, 2.75) is 25.7 Å². The molecule has 2 aromatic rings. The Kier molecular flexibility index (Phi) is 4.55. The molecule has 114 valence electrons. The van der Waals surface area contributed by atoms with E-state index in [2.05, 4.69) is 16.5 Å². The van der Waals surface area contributed by atoms with Gasteiger partial charge in [0.2, 0.25) is 0 Å². The van der Waals surface area contributed by atoms with Crippen LogP contribution >= 0.6 is 22.9 Å². The third-order valence-corrected chi connectivity index (χ3v) is 4.98. The topological polar surface area (TPSA) is 46.1 Å². The molecular weight excluding hydrogens is 318 g/mol. The highest BCUT2D eigenvalue weighted by Gasteiger charge is 2.23. The van der Waals surface area contributed by atoms with Crippen molar-refractivity contribution in [3.05, 3.63) is 52.3 Å². The maximum atomic E-state index is 12.8. The number of aromatic nitrogens is 2. The van der Waals surface area contributed by atoms with Crippen molar-refractivity contribution >= 4 is 34.0 Å². The van der Waals surface area contributed by atoms with Crippen LogP contribution in [0.3, 0.4) is 0 Å². The Morgan fingerprint density at radius 1 is 1.45 bits per heavy atom. The highest BCUT2D eigenvalue weighted by molar-refractivity contribution is 7.16. The number of carbonyl (C=O) groups excluding carboxylic acids is 1. The Hall–Kier alpha value is -1.72. The lowest BCUT2D eigenvalue weighted by Gasteiger charge is -2.18. The number of aryl methyl sites for hydroxylation is 2. The van der Waals surface area contributed by atoms with Gasteiger partial charge in [-0.3, -0.25) is 9.69 Å². The highest BCUT2D eigenvalue weighted by Crippen LogP contribution is 2.32. The summed E-state index contributed by atoms with van der Waals surface area (Å²) in [5, 5.41) is 1.05. The fourth-order valence-electron chi connectivity index (χ4n) is 2.52. The first kappa shape index (κ1) is 15.2. The number of halogens is 1. The van der Waals surface area contributed by atoms with Crippen LogP contribution in [0.25, 0.3) is 0 Å². The van der Waals surface area contributed by atoms with Crippen molar-refractivity contribution in [1.29, 1.82) is 0 Å². The summed E-state index contributed by atoms with van der Waals surface area (Å²) in [7, 11) is 0. The van der Waals surface area contributed by atoms with Crippen LogP contribution in [0.5, 0.6) is 0 Å². The summed E-state index contributed by atoms with van der Waals surface area (Å²) in [6.45, 7) is 4.17. The molecule has 0 fully saturated rings. The van der Waals surface area contributed by atoms with Gasteiger partial charge in [0.1, 0.15) is 5.15 Å². The molecule has 2 heterocycles. The molecule has 0 bridgehead atoms. The summed E-state index contributed by atoms with van der Waals surface area (Å²) in [6, 6.07) is 3.24. The van der Waals surface area contributed by atoms with Crippen LogP contribution in [-0.2, 0) is 12.8 Å². The highest BCUT2D eigenvalue weighted by atomic mass is 35.5. The number of pyridine rings is 1. The molecule has 6 heteroatoms. The lowest BCUT2D eigenvalue weighted by Crippen LogP contribution is -2.31. The van der Waals surface area contributed by atoms with E-state index >= 15 is 0 Å². The lowest BCUT2D eigenvalue weighted by molar-refractivity contribution is 0.0989. The maximum Gasteiger partial charge on any atom is 0.260 e. The Labute approximate surface area is 138 Å². The molecule has 0 N–H and O–H groups in total. The van der Waals surface area contributed by atoms with Gasteiger partial charge in [0.05, 0.1) is 5.69 Å². The van der Waals surface area contributed by atoms with Crippen LogP contribution in [0.2, 0.25) is 5.15 Å². The summed E-state index contributed by atoms with van der Waals surface area (Å²) in [6.07, 6.45) is 7.68. The molecular formula is C16H16ClN3OS. The molecule has 1 aliphatic carbocycles. The summed E-state index contributed by atoms with van der Waals surface area (Å²) in [5.74, 6) is -0.129. The van der Waals surface area contributed by atoms with Crippen LogP contribution in [0.1, 0.15) is 33.8 Å². The van der Waals surface area contributed by atoms with Gasteiger partial charge in [0.15, 0.2) is 5.13 Å². The molecule has 4 nitrogen and oxygen atoms in total. The van der Waals surface area contributed by atoms with E-state index in [1.54, 1.807) is 34.4 Å². The Balaban J connectivity index is 1.93. The number of anilines is 1. The van der Waals surface area contributed by atoms with E-state index in [9.17, 15) is 4.79 Å². The van der Waals surface area contributed by atoms with Crippen molar-refractivity contribution in [3.63, 3.8) is 0 Å². The molecule has 0 spiro atoms. The summed E-state index contributed by atoms with van der Waals surface area (Å²) < 4.78 is 0. The molecule has 0 unspecified atom stereocenters. The number of amides is 1. The van der Waals surface area contributed by atoms with Crippen LogP contribution in [0, 0.1) is 0 Å². The molecule has 22 heavy (non-hydrogen) atoms. The lowest BCUT2D eigenvalue weighted by atomic mass is 10.0. The second-order valence-corrected chi connectivity index (χ2v) is 6.59. The third kappa shape index (κ3) is 3.05. The Bertz CT molecular complexity index is 690. The van der Waals surface area contributed by atoms with Crippen molar-refractivity contribution in [1.82, 2.24) is 9.97 Å². The van der Waals surface area contributed by atoms with E-state index in [0.29, 0.717) is 17.3 Å². The smallest absolute Gasteiger partial charge is 0.260 e. The minimum Gasteiger partial charge on any atom is -0.280 e. The van der Waals surface area contributed by atoms with Crippen LogP contribution in [0.15, 0.2) is 31.0 Å². The van der Waals surface area contributed by atoms with E-state index in [0.717, 1.165) is 23.7 Å². The molecule has 0 saturated heterocycles. The van der Waals surface area contributed by atoms with E-state index < -0.39 is 0 Å². The Morgan fingerprint density at radius 2 is 2.27 bits per heavy atom. The van der Waals surface area contributed by atoms with Crippen LogP contribution in [-0.4, -0.2) is 22.4 Å². The largest absolute Gasteiger partial charge is 0.280 e. The fourth-order valence-corrected chi connectivity index (χ4v) is 3.85. The predicted octanol–water partition coefficient (Wildman–Crippen LogP) is 3.90. The number of thiazole rings is 1. The second kappa shape index (κ2) is 6.58. The number of hydrogen-bond donors (Lipinski definition) is 0. The molecule has 0 aromatic carbocycles. The first-order valence-corrected chi connectivity index (χ1v) is 8.41. The van der Waals surface area contributed by atoms with Crippen molar-refractivity contribution in [2.75, 3.05) is 11.4 Å². The fraction of sp³-hybridized carbons (Fsp3) is 0.312. The van der Waals surface area contributed by atoms with Gasteiger partial charge in [0.25, 0.3) is 5.91 Å². The zero-order chi connectivity index (χ0) is 15.5. The minimum absolute atomic E-state index is 0.129. The molecule has 2 aromatic heterocycles. The molecule has 0 radical (unpaired) electrons. The Morgan fingerprint density at radius 3 is 3.00 bits per heavy atom. The zero-order valence-electron chi connectivity index (χ0n) is 12.1.